The van der Waals surface area contributed by atoms with Gasteiger partial charge in [0.15, 0.2) is 11.6 Å². The van der Waals surface area contributed by atoms with Crippen LogP contribution in [0.3, 0.4) is 0 Å². The molecule has 0 aliphatic heterocycles. The number of hydrogen-bond acceptors (Lipinski definition) is 6. The van der Waals surface area contributed by atoms with Gasteiger partial charge in [0.1, 0.15) is 5.52 Å². The standard InChI is InChI=1S/C21H17FN4O3S/c1-29-19-17(14-10-30-9-13(14)12-3-2-6-24-7-12)15(22)8-25-18(19)16(11-4-5-11)20(27)26(23)21(25)28/h2-3,6-11H,4-5,23H2,1H3. The first-order valence-electron chi connectivity index (χ1n) is 9.32. The Morgan fingerprint density at radius 1 is 1.27 bits per heavy atom. The summed E-state index contributed by atoms with van der Waals surface area (Å²) in [6.07, 6.45) is 6.05. The fraction of sp³-hybridized carbons (Fsp3) is 0.190. The highest BCUT2D eigenvalue weighted by Crippen LogP contribution is 2.46. The third-order valence-electron chi connectivity index (χ3n) is 5.37. The number of methoxy groups -OCH3 is 1. The Kier molecular flexibility index (Phi) is 4.21. The fourth-order valence-corrected chi connectivity index (χ4v) is 4.69. The van der Waals surface area contributed by atoms with E-state index >= 15 is 4.39 Å². The van der Waals surface area contributed by atoms with Crippen LogP contribution < -0.4 is 21.8 Å². The van der Waals surface area contributed by atoms with Gasteiger partial charge in [-0.05, 0) is 35.6 Å². The van der Waals surface area contributed by atoms with Crippen LogP contribution in [0.4, 0.5) is 4.39 Å². The molecule has 1 aliphatic carbocycles. The van der Waals surface area contributed by atoms with E-state index in [4.69, 9.17) is 10.6 Å². The zero-order chi connectivity index (χ0) is 21.0. The maximum absolute atomic E-state index is 15.4. The topological polar surface area (TPSA) is 91.6 Å². The smallest absolute Gasteiger partial charge is 0.354 e. The number of aromatic nitrogens is 3. The van der Waals surface area contributed by atoms with Crippen molar-refractivity contribution in [3.05, 3.63) is 73.7 Å². The van der Waals surface area contributed by atoms with Crippen LogP contribution >= 0.6 is 11.3 Å². The molecule has 4 heterocycles. The summed E-state index contributed by atoms with van der Waals surface area (Å²) in [5, 5.41) is 3.72. The molecule has 0 unspecified atom stereocenters. The number of hydrogen-bond donors (Lipinski definition) is 1. The summed E-state index contributed by atoms with van der Waals surface area (Å²) in [7, 11) is 1.41. The molecule has 0 amide bonds. The lowest BCUT2D eigenvalue weighted by Crippen LogP contribution is -2.44. The monoisotopic (exact) mass is 424 g/mol. The molecule has 30 heavy (non-hydrogen) atoms. The number of nitrogens with two attached hydrogens (primary N) is 1. The number of rotatable bonds is 4. The first-order valence-corrected chi connectivity index (χ1v) is 10.3. The Balaban J connectivity index is 1.91. The maximum atomic E-state index is 15.4. The Morgan fingerprint density at radius 3 is 2.70 bits per heavy atom. The van der Waals surface area contributed by atoms with Crippen molar-refractivity contribution < 1.29 is 9.13 Å². The molecule has 0 radical (unpaired) electrons. The Hall–Kier alpha value is -3.46. The predicted octanol–water partition coefficient (Wildman–Crippen LogP) is 2.99. The molecular formula is C21H17FN4O3S. The van der Waals surface area contributed by atoms with E-state index in [1.807, 2.05) is 16.8 Å². The zero-order valence-corrected chi connectivity index (χ0v) is 16.8. The van der Waals surface area contributed by atoms with Crippen LogP contribution in [-0.2, 0) is 0 Å². The molecule has 152 valence electrons. The number of halogens is 1. The highest BCUT2D eigenvalue weighted by Gasteiger charge is 2.33. The van der Waals surface area contributed by atoms with Gasteiger partial charge in [-0.3, -0.25) is 14.2 Å². The maximum Gasteiger partial charge on any atom is 0.354 e. The van der Waals surface area contributed by atoms with Crippen LogP contribution in [-0.4, -0.2) is 21.2 Å². The second-order valence-corrected chi connectivity index (χ2v) is 7.93. The Labute approximate surface area is 173 Å². The fourth-order valence-electron chi connectivity index (χ4n) is 3.84. The van der Waals surface area contributed by atoms with Crippen molar-refractivity contribution >= 4 is 16.9 Å². The van der Waals surface area contributed by atoms with E-state index in [0.717, 1.165) is 34.6 Å². The molecule has 4 aromatic heterocycles. The number of pyridine rings is 2. The minimum Gasteiger partial charge on any atom is -0.494 e. The number of nitrogen functional groups attached to an aromatic ring is 1. The number of ether oxygens (including phenoxy) is 1. The summed E-state index contributed by atoms with van der Waals surface area (Å²) >= 11 is 1.42. The van der Waals surface area contributed by atoms with E-state index in [9.17, 15) is 9.59 Å². The van der Waals surface area contributed by atoms with Gasteiger partial charge in [0.2, 0.25) is 0 Å². The molecule has 2 N–H and O–H groups in total. The minimum absolute atomic E-state index is 0.0321. The summed E-state index contributed by atoms with van der Waals surface area (Å²) < 4.78 is 22.6. The van der Waals surface area contributed by atoms with E-state index in [1.165, 1.54) is 18.4 Å². The van der Waals surface area contributed by atoms with E-state index in [1.54, 1.807) is 18.5 Å². The average Bonchev–Trinajstić information content (AvgIpc) is 3.48. The number of thiophene rings is 1. The Morgan fingerprint density at radius 2 is 2.03 bits per heavy atom. The van der Waals surface area contributed by atoms with Gasteiger partial charge in [-0.25, -0.2) is 9.18 Å². The minimum atomic E-state index is -0.819. The molecule has 0 spiro atoms. The van der Waals surface area contributed by atoms with Crippen LogP contribution in [0.1, 0.15) is 24.3 Å². The lowest BCUT2D eigenvalue weighted by Gasteiger charge is -2.17. The molecule has 1 saturated carbocycles. The van der Waals surface area contributed by atoms with E-state index < -0.39 is 17.1 Å². The second kappa shape index (κ2) is 6.81. The van der Waals surface area contributed by atoms with E-state index in [2.05, 4.69) is 4.98 Å². The van der Waals surface area contributed by atoms with Gasteiger partial charge >= 0.3 is 5.69 Å². The van der Waals surface area contributed by atoms with Crippen LogP contribution in [0.15, 0.2) is 51.1 Å². The molecule has 7 nitrogen and oxygen atoms in total. The summed E-state index contributed by atoms with van der Waals surface area (Å²) in [5.74, 6) is 5.16. The molecule has 4 aromatic rings. The van der Waals surface area contributed by atoms with Gasteiger partial charge in [-0.15, -0.1) is 0 Å². The molecule has 0 bridgehead atoms. The van der Waals surface area contributed by atoms with Gasteiger partial charge in [0.25, 0.3) is 5.56 Å². The molecule has 1 fully saturated rings. The lowest BCUT2D eigenvalue weighted by atomic mass is 9.98. The normalized spacial score (nSPS) is 13.7. The second-order valence-electron chi connectivity index (χ2n) is 7.19. The lowest BCUT2D eigenvalue weighted by molar-refractivity contribution is 0.414. The molecule has 0 aromatic carbocycles. The SMILES string of the molecule is COc1c(-c2cscc2-c2cccnc2)c(F)cn2c(=O)n(N)c(=O)c(C3CC3)c12. The Bertz CT molecular complexity index is 1400. The van der Waals surface area contributed by atoms with Crippen LogP contribution in [0.5, 0.6) is 5.75 Å². The highest BCUT2D eigenvalue weighted by atomic mass is 32.1. The molecule has 0 saturated heterocycles. The van der Waals surface area contributed by atoms with Crippen LogP contribution in [0.25, 0.3) is 27.8 Å². The van der Waals surface area contributed by atoms with Gasteiger partial charge in [-0.2, -0.15) is 16.0 Å². The molecule has 1 aliphatic rings. The van der Waals surface area contributed by atoms with Crippen molar-refractivity contribution in [2.75, 3.05) is 13.0 Å². The highest BCUT2D eigenvalue weighted by molar-refractivity contribution is 7.08. The molecule has 0 atom stereocenters. The van der Waals surface area contributed by atoms with Crippen molar-refractivity contribution in [2.45, 2.75) is 18.8 Å². The largest absolute Gasteiger partial charge is 0.494 e. The van der Waals surface area contributed by atoms with Gasteiger partial charge < -0.3 is 10.6 Å². The van der Waals surface area contributed by atoms with Crippen LogP contribution in [0.2, 0.25) is 0 Å². The van der Waals surface area contributed by atoms with Crippen LogP contribution in [0, 0.1) is 5.82 Å². The summed E-state index contributed by atoms with van der Waals surface area (Å²) in [4.78, 5) is 29.6. The summed E-state index contributed by atoms with van der Waals surface area (Å²) in [5.41, 5.74) is 1.69. The third-order valence-corrected chi connectivity index (χ3v) is 6.12. The number of fused-ring (bicyclic) bond motifs is 1. The zero-order valence-electron chi connectivity index (χ0n) is 16.0. The summed E-state index contributed by atoms with van der Waals surface area (Å²) in [6, 6.07) is 3.69. The van der Waals surface area contributed by atoms with Crippen molar-refractivity contribution in [2.24, 2.45) is 0 Å². The number of nitrogens with zero attached hydrogens (tertiary/aromatic N) is 3. The molecular weight excluding hydrogens is 407 g/mol. The van der Waals surface area contributed by atoms with Crippen molar-refractivity contribution in [3.8, 4) is 28.0 Å². The quantitative estimate of drug-likeness (QED) is 0.509. The van der Waals surface area contributed by atoms with E-state index in [-0.39, 0.29) is 22.7 Å². The van der Waals surface area contributed by atoms with Gasteiger partial charge in [-0.1, -0.05) is 6.07 Å². The average molecular weight is 424 g/mol. The van der Waals surface area contributed by atoms with Gasteiger partial charge in [0, 0.05) is 29.1 Å². The summed E-state index contributed by atoms with van der Waals surface area (Å²) in [6.45, 7) is 0. The van der Waals surface area contributed by atoms with Crippen molar-refractivity contribution in [1.29, 1.82) is 0 Å². The van der Waals surface area contributed by atoms with Gasteiger partial charge in [0.05, 0.1) is 24.4 Å². The first-order chi connectivity index (χ1) is 14.5. The third kappa shape index (κ3) is 2.66. The first kappa shape index (κ1) is 18.6. The van der Waals surface area contributed by atoms with E-state index in [0.29, 0.717) is 15.8 Å². The molecule has 9 heteroatoms. The predicted molar refractivity (Wildman–Crippen MR) is 113 cm³/mol. The van der Waals surface area contributed by atoms with Crippen molar-refractivity contribution in [1.82, 2.24) is 14.1 Å². The van der Waals surface area contributed by atoms with Crippen molar-refractivity contribution in [3.63, 3.8) is 0 Å². The molecule has 5 rings (SSSR count).